The third-order valence-electron chi connectivity index (χ3n) is 2.89. The normalized spacial score (nSPS) is 12.2. The fourth-order valence-corrected chi connectivity index (χ4v) is 2.42. The summed E-state index contributed by atoms with van der Waals surface area (Å²) in [4.78, 5) is 50.3. The van der Waals surface area contributed by atoms with Crippen LogP contribution in [0, 0.1) is 15.5 Å². The summed E-state index contributed by atoms with van der Waals surface area (Å²) >= 11 is 0.940. The molecule has 0 saturated carbocycles. The van der Waals surface area contributed by atoms with Crippen LogP contribution in [0.15, 0.2) is 0 Å². The molecule has 0 heterocycles. The number of ether oxygens (including phenoxy) is 1. The largest absolute Gasteiger partial charge is 0.464 e. The zero-order valence-corrected chi connectivity index (χ0v) is 15.1. The van der Waals surface area contributed by atoms with Crippen molar-refractivity contribution in [1.29, 1.82) is 0 Å². The van der Waals surface area contributed by atoms with Crippen molar-refractivity contribution in [3.05, 3.63) is 10.1 Å². The highest BCUT2D eigenvalue weighted by atomic mass is 32.2. The van der Waals surface area contributed by atoms with E-state index < -0.39 is 35.0 Å². The molecule has 0 aromatic carbocycles. The smallest absolute Gasteiger partial charge is 0.329 e. The Balaban J connectivity index is 4.83. The Morgan fingerprint density at radius 1 is 1.29 bits per heavy atom. The molecule has 0 saturated heterocycles. The van der Waals surface area contributed by atoms with Crippen LogP contribution in [0.3, 0.4) is 0 Å². The molecule has 0 radical (unpaired) electrons. The number of hydrogen-bond acceptors (Lipinski definition) is 8. The molecule has 0 rings (SSSR count). The highest BCUT2D eigenvalue weighted by Crippen LogP contribution is 2.17. The minimum atomic E-state index is -1.23. The lowest BCUT2D eigenvalue weighted by Crippen LogP contribution is -2.50. The number of nitrogens with one attached hydrogen (secondary N) is 1. The van der Waals surface area contributed by atoms with E-state index >= 15 is 0 Å². The SMILES string of the molecule is CCCC(=O)SCC(NC(=O)C(C)(C)CO[N+](=O)[O-])C(=O)OCC. The standard InChI is InChI=1S/C14H24N2O7S/c1-5-7-11(17)24-8-10(12(18)22-6-2)15-13(19)14(3,4)9-23-16(20)21/h10H,5-9H2,1-4H3,(H,15,19). The average molecular weight is 364 g/mol. The van der Waals surface area contributed by atoms with Crippen molar-refractivity contribution in [1.82, 2.24) is 5.32 Å². The molecule has 1 N–H and O–H groups in total. The summed E-state index contributed by atoms with van der Waals surface area (Å²) in [7, 11) is 0. The zero-order valence-electron chi connectivity index (χ0n) is 14.3. The van der Waals surface area contributed by atoms with E-state index in [0.717, 1.165) is 11.8 Å². The van der Waals surface area contributed by atoms with E-state index in [-0.39, 0.29) is 17.5 Å². The summed E-state index contributed by atoms with van der Waals surface area (Å²) < 4.78 is 4.89. The lowest BCUT2D eigenvalue weighted by Gasteiger charge is -2.25. The van der Waals surface area contributed by atoms with Gasteiger partial charge in [0.1, 0.15) is 12.6 Å². The van der Waals surface area contributed by atoms with Gasteiger partial charge in [-0.25, -0.2) is 4.79 Å². The molecule has 0 fully saturated rings. The molecule has 0 spiro atoms. The van der Waals surface area contributed by atoms with Gasteiger partial charge < -0.3 is 14.9 Å². The maximum atomic E-state index is 12.3. The number of carbonyl (C=O) groups excluding carboxylic acids is 3. The summed E-state index contributed by atoms with van der Waals surface area (Å²) in [5.74, 6) is -1.23. The summed E-state index contributed by atoms with van der Waals surface area (Å²) in [6, 6.07) is -1.02. The van der Waals surface area contributed by atoms with Crippen LogP contribution in [0.5, 0.6) is 0 Å². The van der Waals surface area contributed by atoms with Crippen molar-refractivity contribution in [3.8, 4) is 0 Å². The molecule has 1 unspecified atom stereocenters. The lowest BCUT2D eigenvalue weighted by molar-refractivity contribution is -0.760. The van der Waals surface area contributed by atoms with Crippen LogP contribution >= 0.6 is 11.8 Å². The summed E-state index contributed by atoms with van der Waals surface area (Å²) in [5.41, 5.74) is -1.23. The van der Waals surface area contributed by atoms with Crippen LogP contribution < -0.4 is 5.32 Å². The first-order valence-corrected chi connectivity index (χ1v) is 8.53. The number of amides is 1. The van der Waals surface area contributed by atoms with Gasteiger partial charge in [0.15, 0.2) is 5.12 Å². The highest BCUT2D eigenvalue weighted by Gasteiger charge is 2.33. The van der Waals surface area contributed by atoms with Gasteiger partial charge in [-0.3, -0.25) is 9.59 Å². The molecule has 0 aliphatic heterocycles. The van der Waals surface area contributed by atoms with E-state index in [9.17, 15) is 24.5 Å². The molecule has 0 bridgehead atoms. The van der Waals surface area contributed by atoms with Gasteiger partial charge in [-0.05, 0) is 27.2 Å². The molecule has 10 heteroatoms. The first-order valence-electron chi connectivity index (χ1n) is 7.54. The Labute approximate surface area is 144 Å². The number of esters is 1. The van der Waals surface area contributed by atoms with E-state index in [1.165, 1.54) is 13.8 Å². The van der Waals surface area contributed by atoms with Crippen molar-refractivity contribution in [2.24, 2.45) is 5.41 Å². The Morgan fingerprint density at radius 3 is 2.42 bits per heavy atom. The molecule has 0 aromatic heterocycles. The molecule has 1 amide bonds. The number of rotatable bonds is 11. The van der Waals surface area contributed by atoms with Gasteiger partial charge in [-0.15, -0.1) is 10.1 Å². The second-order valence-electron chi connectivity index (χ2n) is 5.59. The minimum absolute atomic E-state index is 0.0373. The quantitative estimate of drug-likeness (QED) is 0.331. The van der Waals surface area contributed by atoms with Crippen LogP contribution in [0.25, 0.3) is 0 Å². The Kier molecular flexibility index (Phi) is 10.0. The maximum absolute atomic E-state index is 12.3. The molecule has 0 aliphatic rings. The van der Waals surface area contributed by atoms with Crippen molar-refractivity contribution >= 4 is 28.8 Å². The van der Waals surface area contributed by atoms with Gasteiger partial charge >= 0.3 is 5.97 Å². The third kappa shape index (κ3) is 8.70. The van der Waals surface area contributed by atoms with Crippen LogP contribution in [0.2, 0.25) is 0 Å². The Hall–Kier alpha value is -1.84. The summed E-state index contributed by atoms with van der Waals surface area (Å²) in [6.07, 6.45) is 1.06. The zero-order chi connectivity index (χ0) is 18.8. The van der Waals surface area contributed by atoms with Crippen LogP contribution in [-0.4, -0.2) is 47.1 Å². The molecule has 0 aliphatic carbocycles. The molecule has 24 heavy (non-hydrogen) atoms. The number of nitrogens with zero attached hydrogens (tertiary/aromatic N) is 1. The number of hydrogen-bond donors (Lipinski definition) is 1. The van der Waals surface area contributed by atoms with E-state index in [2.05, 4.69) is 10.2 Å². The lowest BCUT2D eigenvalue weighted by atomic mass is 9.93. The topological polar surface area (TPSA) is 125 Å². The summed E-state index contributed by atoms with van der Waals surface area (Å²) in [5, 5.41) is 11.7. The number of carbonyl (C=O) groups is 3. The Bertz CT molecular complexity index is 468. The minimum Gasteiger partial charge on any atom is -0.464 e. The van der Waals surface area contributed by atoms with E-state index in [1.54, 1.807) is 6.92 Å². The first-order chi connectivity index (χ1) is 11.1. The Morgan fingerprint density at radius 2 is 1.92 bits per heavy atom. The molecule has 138 valence electrons. The van der Waals surface area contributed by atoms with E-state index in [4.69, 9.17) is 4.74 Å². The fraction of sp³-hybridized carbons (Fsp3) is 0.786. The van der Waals surface area contributed by atoms with E-state index in [0.29, 0.717) is 12.8 Å². The number of thioether (sulfide) groups is 1. The molecule has 9 nitrogen and oxygen atoms in total. The van der Waals surface area contributed by atoms with Crippen molar-refractivity contribution in [2.45, 2.75) is 46.6 Å². The first kappa shape index (κ1) is 22.2. The summed E-state index contributed by atoms with van der Waals surface area (Å²) in [6.45, 7) is 6.06. The van der Waals surface area contributed by atoms with Gasteiger partial charge in [-0.1, -0.05) is 18.7 Å². The van der Waals surface area contributed by atoms with Crippen molar-refractivity contribution in [2.75, 3.05) is 19.0 Å². The second kappa shape index (κ2) is 10.8. The second-order valence-corrected chi connectivity index (χ2v) is 6.67. The van der Waals surface area contributed by atoms with E-state index in [1.807, 2.05) is 6.92 Å². The van der Waals surface area contributed by atoms with Gasteiger partial charge in [-0.2, -0.15) is 0 Å². The molecular formula is C14H24N2O7S. The van der Waals surface area contributed by atoms with Gasteiger partial charge in [0.25, 0.3) is 5.09 Å². The van der Waals surface area contributed by atoms with Crippen molar-refractivity contribution in [3.63, 3.8) is 0 Å². The van der Waals surface area contributed by atoms with Gasteiger partial charge in [0, 0.05) is 12.2 Å². The predicted octanol–water partition coefficient (Wildman–Crippen LogP) is 1.33. The molecule has 0 aromatic rings. The van der Waals surface area contributed by atoms with Crippen LogP contribution in [0.1, 0.15) is 40.5 Å². The third-order valence-corrected chi connectivity index (χ3v) is 3.91. The molecular weight excluding hydrogens is 340 g/mol. The monoisotopic (exact) mass is 364 g/mol. The van der Waals surface area contributed by atoms with Crippen LogP contribution in [0.4, 0.5) is 0 Å². The average Bonchev–Trinajstić information content (AvgIpc) is 2.49. The highest BCUT2D eigenvalue weighted by molar-refractivity contribution is 8.13. The van der Waals surface area contributed by atoms with Crippen LogP contribution in [-0.2, 0) is 24.0 Å². The van der Waals surface area contributed by atoms with Gasteiger partial charge in [0.2, 0.25) is 5.91 Å². The molecule has 1 atom stereocenters. The predicted molar refractivity (Wildman–Crippen MR) is 87.7 cm³/mol. The fourth-order valence-electron chi connectivity index (χ4n) is 1.50. The van der Waals surface area contributed by atoms with Gasteiger partial charge in [0.05, 0.1) is 12.0 Å². The van der Waals surface area contributed by atoms with Crippen molar-refractivity contribution < 1.29 is 29.0 Å². The maximum Gasteiger partial charge on any atom is 0.329 e.